The van der Waals surface area contributed by atoms with E-state index in [4.69, 9.17) is 10.5 Å². The van der Waals surface area contributed by atoms with Gasteiger partial charge in [0.2, 0.25) is 0 Å². The molecule has 1 atom stereocenters. The number of ether oxygens (including phenoxy) is 2. The number of rotatable bonds is 8. The number of carbonyl (C=O) groups is 1. The summed E-state index contributed by atoms with van der Waals surface area (Å²) in [6, 6.07) is 16.7. The zero-order chi connectivity index (χ0) is 21.5. The molecule has 0 saturated heterocycles. The quantitative estimate of drug-likeness (QED) is 0.275. The average molecular weight is 481 g/mol. The molecule has 3 rings (SSSR count). The summed E-state index contributed by atoms with van der Waals surface area (Å²) < 4.78 is 10.4. The molecule has 9 nitrogen and oxygen atoms in total. The third-order valence-electron chi connectivity index (χ3n) is 4.20. The van der Waals surface area contributed by atoms with Crippen LogP contribution in [-0.4, -0.2) is 29.0 Å². The molecule has 170 valence electrons. The largest absolute Gasteiger partial charge is 0.468 e. The standard InChI is InChI=1S/C21H20N4O5.2ClH/c1-29-21(26)19(22)12-14-2-7-17(8-3-14)30-18-9-4-15(5-10-18)24-20-11-6-16(13-23-20)25(27)28;;/h2-11,13,19H,12,22H2,1H3,(H,23,24);2*1H/t19-;;/m0../s1. The fourth-order valence-electron chi connectivity index (χ4n) is 2.64. The van der Waals surface area contributed by atoms with Crippen molar-refractivity contribution in [2.75, 3.05) is 12.4 Å². The summed E-state index contributed by atoms with van der Waals surface area (Å²) in [6.45, 7) is 0. The second kappa shape index (κ2) is 12.5. The lowest BCUT2D eigenvalue weighted by molar-refractivity contribution is -0.385. The molecule has 11 heteroatoms. The summed E-state index contributed by atoms with van der Waals surface area (Å²) in [6.07, 6.45) is 1.57. The Bertz CT molecular complexity index is 1020. The highest BCUT2D eigenvalue weighted by atomic mass is 35.5. The average Bonchev–Trinajstić information content (AvgIpc) is 2.76. The number of pyridine rings is 1. The molecule has 0 radical (unpaired) electrons. The number of methoxy groups -OCH3 is 1. The number of nitrogens with zero attached hydrogens (tertiary/aromatic N) is 2. The first-order valence-corrected chi connectivity index (χ1v) is 9.02. The predicted octanol–water partition coefficient (Wildman–Crippen LogP) is 4.41. The first-order valence-electron chi connectivity index (χ1n) is 9.02. The maximum Gasteiger partial charge on any atom is 0.322 e. The van der Waals surface area contributed by atoms with E-state index < -0.39 is 16.9 Å². The zero-order valence-corrected chi connectivity index (χ0v) is 18.6. The van der Waals surface area contributed by atoms with E-state index in [-0.39, 0.29) is 30.5 Å². The smallest absolute Gasteiger partial charge is 0.322 e. The lowest BCUT2D eigenvalue weighted by Gasteiger charge is -2.11. The van der Waals surface area contributed by atoms with Gasteiger partial charge in [-0.3, -0.25) is 14.9 Å². The number of nitro groups is 1. The summed E-state index contributed by atoms with van der Waals surface area (Å²) in [5, 5.41) is 13.7. The Hall–Kier alpha value is -3.40. The van der Waals surface area contributed by atoms with Crippen LogP contribution in [0.25, 0.3) is 0 Å². The Kier molecular flexibility index (Phi) is 10.4. The van der Waals surface area contributed by atoms with Crippen molar-refractivity contribution in [3.05, 3.63) is 82.5 Å². The van der Waals surface area contributed by atoms with Gasteiger partial charge in [-0.2, -0.15) is 0 Å². The highest BCUT2D eigenvalue weighted by molar-refractivity contribution is 5.85. The van der Waals surface area contributed by atoms with Gasteiger partial charge in [-0.15, -0.1) is 24.8 Å². The van der Waals surface area contributed by atoms with Gasteiger partial charge in [0.05, 0.1) is 12.0 Å². The third kappa shape index (κ3) is 7.38. The van der Waals surface area contributed by atoms with Crippen molar-refractivity contribution in [2.24, 2.45) is 5.73 Å². The molecule has 0 aliphatic carbocycles. The van der Waals surface area contributed by atoms with Crippen molar-refractivity contribution in [1.82, 2.24) is 4.98 Å². The van der Waals surface area contributed by atoms with Gasteiger partial charge >= 0.3 is 5.97 Å². The SMILES string of the molecule is COC(=O)[C@@H](N)Cc1ccc(Oc2ccc(Nc3ccc([N+](=O)[O-])cn3)cc2)cc1.Cl.Cl. The van der Waals surface area contributed by atoms with Crippen molar-refractivity contribution in [3.8, 4) is 11.5 Å². The number of aromatic nitrogens is 1. The molecule has 2 aromatic carbocycles. The van der Waals surface area contributed by atoms with E-state index in [9.17, 15) is 14.9 Å². The van der Waals surface area contributed by atoms with E-state index in [0.717, 1.165) is 11.3 Å². The number of halogens is 2. The number of anilines is 2. The van der Waals surface area contributed by atoms with Crippen molar-refractivity contribution in [3.63, 3.8) is 0 Å². The number of carbonyl (C=O) groups excluding carboxylic acids is 1. The van der Waals surface area contributed by atoms with Crippen molar-refractivity contribution in [2.45, 2.75) is 12.5 Å². The van der Waals surface area contributed by atoms with E-state index in [1.165, 1.54) is 25.4 Å². The van der Waals surface area contributed by atoms with Gasteiger partial charge in [-0.25, -0.2) is 4.98 Å². The molecule has 1 heterocycles. The van der Waals surface area contributed by atoms with E-state index in [2.05, 4.69) is 15.0 Å². The second-order valence-electron chi connectivity index (χ2n) is 6.39. The molecule has 0 amide bonds. The molecule has 0 bridgehead atoms. The first-order chi connectivity index (χ1) is 14.4. The Morgan fingerprint density at radius 2 is 1.66 bits per heavy atom. The van der Waals surface area contributed by atoms with Gasteiger partial charge in [-0.05, 0) is 54.4 Å². The summed E-state index contributed by atoms with van der Waals surface area (Å²) in [5.41, 5.74) is 7.36. The molecule has 3 aromatic rings. The van der Waals surface area contributed by atoms with Crippen molar-refractivity contribution >= 4 is 48.0 Å². The summed E-state index contributed by atoms with van der Waals surface area (Å²) in [7, 11) is 1.31. The number of hydrogen-bond acceptors (Lipinski definition) is 8. The van der Waals surface area contributed by atoms with Crippen LogP contribution >= 0.6 is 24.8 Å². The Morgan fingerprint density at radius 3 is 2.16 bits per heavy atom. The predicted molar refractivity (Wildman–Crippen MR) is 125 cm³/mol. The Morgan fingerprint density at radius 1 is 1.06 bits per heavy atom. The number of benzene rings is 2. The monoisotopic (exact) mass is 480 g/mol. The fraction of sp³-hybridized carbons (Fsp3) is 0.143. The van der Waals surface area contributed by atoms with Crippen LogP contribution in [0.15, 0.2) is 66.9 Å². The summed E-state index contributed by atoms with van der Waals surface area (Å²) in [5.74, 6) is 1.32. The Balaban J connectivity index is 0.00000256. The molecule has 0 aliphatic rings. The fourth-order valence-corrected chi connectivity index (χ4v) is 2.64. The van der Waals surface area contributed by atoms with Crippen LogP contribution in [0, 0.1) is 10.1 Å². The van der Waals surface area contributed by atoms with Crippen LogP contribution < -0.4 is 15.8 Å². The molecule has 0 aliphatic heterocycles. The molecule has 32 heavy (non-hydrogen) atoms. The van der Waals surface area contributed by atoms with Gasteiger partial charge in [0.25, 0.3) is 5.69 Å². The van der Waals surface area contributed by atoms with Gasteiger partial charge in [0, 0.05) is 11.8 Å². The van der Waals surface area contributed by atoms with Crippen LogP contribution in [0.5, 0.6) is 11.5 Å². The molecule has 0 fully saturated rings. The van der Waals surface area contributed by atoms with Crippen molar-refractivity contribution in [1.29, 1.82) is 0 Å². The van der Waals surface area contributed by atoms with E-state index in [1.807, 2.05) is 24.3 Å². The molecule has 1 aromatic heterocycles. The molecular weight excluding hydrogens is 459 g/mol. The van der Waals surface area contributed by atoms with Crippen LogP contribution in [0.2, 0.25) is 0 Å². The Labute approximate surface area is 196 Å². The molecular formula is C21H22Cl2N4O5. The topological polar surface area (TPSA) is 130 Å². The molecule has 3 N–H and O–H groups in total. The lowest BCUT2D eigenvalue weighted by Crippen LogP contribution is -2.33. The van der Waals surface area contributed by atoms with Crippen LogP contribution in [-0.2, 0) is 16.0 Å². The van der Waals surface area contributed by atoms with Gasteiger partial charge in [-0.1, -0.05) is 12.1 Å². The summed E-state index contributed by atoms with van der Waals surface area (Å²) >= 11 is 0. The number of nitrogens with one attached hydrogen (secondary N) is 1. The van der Waals surface area contributed by atoms with Gasteiger partial charge in [0.15, 0.2) is 0 Å². The number of hydrogen-bond donors (Lipinski definition) is 2. The maximum absolute atomic E-state index is 11.4. The van der Waals surface area contributed by atoms with E-state index >= 15 is 0 Å². The molecule has 0 unspecified atom stereocenters. The minimum absolute atomic E-state index is 0. The summed E-state index contributed by atoms with van der Waals surface area (Å²) in [4.78, 5) is 25.6. The van der Waals surface area contributed by atoms with Gasteiger partial charge < -0.3 is 20.5 Å². The normalized spacial score (nSPS) is 10.7. The van der Waals surface area contributed by atoms with Crippen LogP contribution in [0.1, 0.15) is 5.56 Å². The van der Waals surface area contributed by atoms with E-state index in [0.29, 0.717) is 23.7 Å². The minimum Gasteiger partial charge on any atom is -0.468 e. The van der Waals surface area contributed by atoms with Gasteiger partial charge in [0.1, 0.15) is 29.6 Å². The zero-order valence-electron chi connectivity index (χ0n) is 17.0. The highest BCUT2D eigenvalue weighted by Gasteiger charge is 2.14. The number of esters is 1. The number of nitrogens with two attached hydrogens (primary N) is 1. The van der Waals surface area contributed by atoms with Crippen LogP contribution in [0.4, 0.5) is 17.2 Å². The molecule has 0 saturated carbocycles. The second-order valence-corrected chi connectivity index (χ2v) is 6.39. The first kappa shape index (κ1) is 26.6. The third-order valence-corrected chi connectivity index (χ3v) is 4.20. The highest BCUT2D eigenvalue weighted by Crippen LogP contribution is 2.25. The molecule has 0 spiro atoms. The maximum atomic E-state index is 11.4. The van der Waals surface area contributed by atoms with E-state index in [1.54, 1.807) is 24.3 Å². The van der Waals surface area contributed by atoms with Crippen LogP contribution in [0.3, 0.4) is 0 Å². The minimum atomic E-state index is -0.702. The lowest BCUT2D eigenvalue weighted by atomic mass is 10.1. The van der Waals surface area contributed by atoms with Crippen molar-refractivity contribution < 1.29 is 19.2 Å².